The number of rotatable bonds is 3. The number of imidazole rings is 1. The SMILES string of the molecule is O=C(NCC1c2c(F)cccc2-c2cncn21)Nc1cccc(Br)c1. The monoisotopic (exact) mass is 400 g/mol. The molecule has 2 amide bonds. The summed E-state index contributed by atoms with van der Waals surface area (Å²) >= 11 is 3.36. The lowest BCUT2D eigenvalue weighted by Gasteiger charge is -2.16. The molecule has 4 rings (SSSR count). The Kier molecular flexibility index (Phi) is 4.01. The van der Waals surface area contributed by atoms with E-state index in [1.54, 1.807) is 30.7 Å². The van der Waals surface area contributed by atoms with Crippen LogP contribution < -0.4 is 10.6 Å². The fraction of sp³-hybridized carbons (Fsp3) is 0.111. The van der Waals surface area contributed by atoms with Crippen molar-refractivity contribution in [3.05, 3.63) is 70.8 Å². The van der Waals surface area contributed by atoms with Crippen LogP contribution in [0.2, 0.25) is 0 Å². The van der Waals surface area contributed by atoms with Crippen LogP contribution in [-0.2, 0) is 0 Å². The number of fused-ring (bicyclic) bond motifs is 3. The number of urea groups is 1. The quantitative estimate of drug-likeness (QED) is 0.692. The minimum atomic E-state index is -0.343. The summed E-state index contributed by atoms with van der Waals surface area (Å²) in [4.78, 5) is 16.3. The number of carbonyl (C=O) groups excluding carboxylic acids is 1. The third-order valence-corrected chi connectivity index (χ3v) is 4.70. The van der Waals surface area contributed by atoms with Crippen molar-refractivity contribution in [2.75, 3.05) is 11.9 Å². The minimum Gasteiger partial charge on any atom is -0.335 e. The largest absolute Gasteiger partial charge is 0.335 e. The molecular weight excluding hydrogens is 387 g/mol. The van der Waals surface area contributed by atoms with Gasteiger partial charge in [0.2, 0.25) is 0 Å². The van der Waals surface area contributed by atoms with E-state index in [2.05, 4.69) is 31.5 Å². The third kappa shape index (κ3) is 2.91. The maximum absolute atomic E-state index is 14.3. The van der Waals surface area contributed by atoms with E-state index in [-0.39, 0.29) is 24.4 Å². The van der Waals surface area contributed by atoms with Gasteiger partial charge < -0.3 is 15.2 Å². The fourth-order valence-electron chi connectivity index (χ4n) is 3.13. The highest BCUT2D eigenvalue weighted by atomic mass is 79.9. The van der Waals surface area contributed by atoms with Gasteiger partial charge >= 0.3 is 6.03 Å². The molecule has 1 aliphatic rings. The molecule has 0 bridgehead atoms. The van der Waals surface area contributed by atoms with Crippen LogP contribution in [0, 0.1) is 5.82 Å². The van der Waals surface area contributed by atoms with E-state index in [4.69, 9.17) is 0 Å². The van der Waals surface area contributed by atoms with Crippen LogP contribution in [0.4, 0.5) is 14.9 Å². The van der Waals surface area contributed by atoms with Crippen molar-refractivity contribution in [1.29, 1.82) is 0 Å². The molecule has 1 aromatic heterocycles. The topological polar surface area (TPSA) is 59.0 Å². The summed E-state index contributed by atoms with van der Waals surface area (Å²) in [7, 11) is 0. The van der Waals surface area contributed by atoms with Gasteiger partial charge in [-0.2, -0.15) is 0 Å². The highest BCUT2D eigenvalue weighted by Crippen LogP contribution is 2.40. The first kappa shape index (κ1) is 15.8. The summed E-state index contributed by atoms with van der Waals surface area (Å²) in [5.74, 6) is -0.277. The number of anilines is 1. The summed E-state index contributed by atoms with van der Waals surface area (Å²) in [6, 6.07) is 11.6. The van der Waals surface area contributed by atoms with Gasteiger partial charge in [-0.25, -0.2) is 14.2 Å². The second-order valence-electron chi connectivity index (χ2n) is 5.75. The predicted molar refractivity (Wildman–Crippen MR) is 96.9 cm³/mol. The van der Waals surface area contributed by atoms with Crippen LogP contribution >= 0.6 is 15.9 Å². The Labute approximate surface area is 152 Å². The van der Waals surface area contributed by atoms with Crippen LogP contribution in [0.3, 0.4) is 0 Å². The summed E-state index contributed by atoms with van der Waals surface area (Å²) in [6.07, 6.45) is 3.37. The Morgan fingerprint density at radius 2 is 2.12 bits per heavy atom. The van der Waals surface area contributed by atoms with Crippen LogP contribution in [0.1, 0.15) is 11.6 Å². The Morgan fingerprint density at radius 3 is 2.96 bits per heavy atom. The number of aromatic nitrogens is 2. The van der Waals surface area contributed by atoms with E-state index in [0.29, 0.717) is 11.3 Å². The first-order valence-electron chi connectivity index (χ1n) is 7.74. The predicted octanol–water partition coefficient (Wildman–Crippen LogP) is 4.18. The van der Waals surface area contributed by atoms with E-state index < -0.39 is 0 Å². The fourth-order valence-corrected chi connectivity index (χ4v) is 3.53. The standard InChI is InChI=1S/C18H14BrFN4O/c19-11-3-1-4-12(7-11)23-18(25)22-9-16-17-13(5-2-6-14(17)20)15-8-21-10-24(15)16/h1-8,10,16H,9H2,(H2,22,23,25). The number of hydrogen-bond acceptors (Lipinski definition) is 2. The molecule has 1 aliphatic heterocycles. The van der Waals surface area contributed by atoms with Crippen LogP contribution in [0.25, 0.3) is 11.3 Å². The average Bonchev–Trinajstić information content (AvgIpc) is 3.15. The second kappa shape index (κ2) is 6.33. The van der Waals surface area contributed by atoms with Gasteiger partial charge in [0, 0.05) is 27.8 Å². The van der Waals surface area contributed by atoms with Gasteiger partial charge in [-0.05, 0) is 24.3 Å². The van der Waals surface area contributed by atoms with Gasteiger partial charge in [-0.3, -0.25) is 0 Å². The Morgan fingerprint density at radius 1 is 1.28 bits per heavy atom. The molecule has 0 aliphatic carbocycles. The van der Waals surface area contributed by atoms with Gasteiger partial charge in [-0.1, -0.05) is 34.1 Å². The minimum absolute atomic E-state index is 0.261. The maximum atomic E-state index is 14.3. The van der Waals surface area contributed by atoms with Crippen molar-refractivity contribution < 1.29 is 9.18 Å². The third-order valence-electron chi connectivity index (χ3n) is 4.20. The number of carbonyl (C=O) groups is 1. The molecule has 25 heavy (non-hydrogen) atoms. The number of nitrogens with one attached hydrogen (secondary N) is 2. The number of amides is 2. The lowest BCUT2D eigenvalue weighted by Crippen LogP contribution is -2.33. The van der Waals surface area contributed by atoms with Crippen molar-refractivity contribution >= 4 is 27.6 Å². The molecule has 2 heterocycles. The highest BCUT2D eigenvalue weighted by molar-refractivity contribution is 9.10. The first-order chi connectivity index (χ1) is 12.1. The molecule has 2 aromatic carbocycles. The van der Waals surface area contributed by atoms with Crippen molar-refractivity contribution in [3.63, 3.8) is 0 Å². The molecule has 5 nitrogen and oxygen atoms in total. The van der Waals surface area contributed by atoms with Crippen molar-refractivity contribution in [2.24, 2.45) is 0 Å². The zero-order valence-corrected chi connectivity index (χ0v) is 14.6. The number of nitrogens with zero attached hydrogens (tertiary/aromatic N) is 2. The lowest BCUT2D eigenvalue weighted by atomic mass is 10.0. The van der Waals surface area contributed by atoms with E-state index in [1.165, 1.54) is 6.07 Å². The smallest absolute Gasteiger partial charge is 0.319 e. The van der Waals surface area contributed by atoms with E-state index in [9.17, 15) is 9.18 Å². The number of halogens is 2. The molecule has 1 unspecified atom stereocenters. The number of hydrogen-bond donors (Lipinski definition) is 2. The first-order valence-corrected chi connectivity index (χ1v) is 8.54. The zero-order chi connectivity index (χ0) is 17.4. The zero-order valence-electron chi connectivity index (χ0n) is 13.0. The lowest BCUT2D eigenvalue weighted by molar-refractivity contribution is 0.251. The molecule has 126 valence electrons. The van der Waals surface area contributed by atoms with Gasteiger partial charge in [0.1, 0.15) is 5.82 Å². The Hall–Kier alpha value is -2.67. The van der Waals surface area contributed by atoms with Crippen LogP contribution in [0.5, 0.6) is 0 Å². The molecule has 0 fully saturated rings. The summed E-state index contributed by atoms with van der Waals surface area (Å²) in [5, 5.41) is 5.58. The molecule has 1 atom stereocenters. The molecule has 2 N–H and O–H groups in total. The van der Waals surface area contributed by atoms with Crippen molar-refractivity contribution in [3.8, 4) is 11.3 Å². The molecule has 0 saturated carbocycles. The van der Waals surface area contributed by atoms with Crippen molar-refractivity contribution in [1.82, 2.24) is 14.9 Å². The average molecular weight is 401 g/mol. The number of benzene rings is 2. The van der Waals surface area contributed by atoms with Gasteiger partial charge in [-0.15, -0.1) is 0 Å². The van der Waals surface area contributed by atoms with Crippen molar-refractivity contribution in [2.45, 2.75) is 6.04 Å². The van der Waals surface area contributed by atoms with E-state index in [0.717, 1.165) is 15.7 Å². The Bertz CT molecular complexity index is 956. The summed E-state index contributed by atoms with van der Waals surface area (Å²) in [5.41, 5.74) is 2.93. The van der Waals surface area contributed by atoms with E-state index >= 15 is 0 Å². The molecule has 7 heteroatoms. The maximum Gasteiger partial charge on any atom is 0.319 e. The molecule has 0 saturated heterocycles. The molecule has 3 aromatic rings. The molecule has 0 radical (unpaired) electrons. The Balaban J connectivity index is 1.51. The highest BCUT2D eigenvalue weighted by Gasteiger charge is 2.31. The van der Waals surface area contributed by atoms with Gasteiger partial charge in [0.25, 0.3) is 0 Å². The second-order valence-corrected chi connectivity index (χ2v) is 6.66. The van der Waals surface area contributed by atoms with Crippen LogP contribution in [0.15, 0.2) is 59.5 Å². The molecular formula is C18H14BrFN4O. The van der Waals surface area contributed by atoms with E-state index in [1.807, 2.05) is 22.8 Å². The van der Waals surface area contributed by atoms with Crippen LogP contribution in [-0.4, -0.2) is 22.1 Å². The van der Waals surface area contributed by atoms with Gasteiger partial charge in [0.05, 0.1) is 24.3 Å². The normalized spacial score (nSPS) is 14.7. The summed E-state index contributed by atoms with van der Waals surface area (Å²) in [6.45, 7) is 0.261. The van der Waals surface area contributed by atoms with Gasteiger partial charge in [0.15, 0.2) is 0 Å². The summed E-state index contributed by atoms with van der Waals surface area (Å²) < 4.78 is 17.1. The molecule has 0 spiro atoms.